The van der Waals surface area contributed by atoms with E-state index in [2.05, 4.69) is 57.3 Å². The molecule has 0 bridgehead atoms. The fraction of sp³-hybridized carbons (Fsp3) is 0.0455. The Morgan fingerprint density at radius 3 is 2.36 bits per heavy atom. The third kappa shape index (κ3) is 3.03. The summed E-state index contributed by atoms with van der Waals surface area (Å²) in [6.07, 6.45) is 1.92. The summed E-state index contributed by atoms with van der Waals surface area (Å²) in [7, 11) is 1.70. The largest absolute Gasteiger partial charge is 0.496 e. The van der Waals surface area contributed by atoms with E-state index in [9.17, 15) is 0 Å². The fourth-order valence-electron chi connectivity index (χ4n) is 2.99. The average Bonchev–Trinajstić information content (AvgIpc) is 2.67. The van der Waals surface area contributed by atoms with Crippen LogP contribution in [0.5, 0.6) is 5.75 Å². The van der Waals surface area contributed by atoms with E-state index in [4.69, 9.17) is 4.74 Å². The Kier molecular flexibility index (Phi) is 4.24. The molecule has 0 fully saturated rings. The van der Waals surface area contributed by atoms with Gasteiger partial charge >= 0.3 is 0 Å². The quantitative estimate of drug-likeness (QED) is 0.407. The lowest BCUT2D eigenvalue weighted by molar-refractivity contribution is 0.416. The van der Waals surface area contributed by atoms with E-state index in [0.717, 1.165) is 38.0 Å². The average molecular weight is 390 g/mol. The van der Waals surface area contributed by atoms with Gasteiger partial charge in [0.1, 0.15) is 5.75 Å². The van der Waals surface area contributed by atoms with E-state index in [1.54, 1.807) is 7.11 Å². The molecule has 0 radical (unpaired) electrons. The first-order chi connectivity index (χ1) is 12.3. The second-order valence-corrected chi connectivity index (χ2v) is 6.67. The molecule has 25 heavy (non-hydrogen) atoms. The van der Waals surface area contributed by atoms with Crippen LogP contribution in [0.15, 0.2) is 83.5 Å². The summed E-state index contributed by atoms with van der Waals surface area (Å²) in [4.78, 5) is 4.61. The highest BCUT2D eigenvalue weighted by atomic mass is 79.9. The van der Waals surface area contributed by atoms with Crippen LogP contribution >= 0.6 is 15.9 Å². The molecular formula is C22H16BrNO. The standard InChI is InChI=1S/C22H16BrNO/c1-25-22-13-16(10-11-19(22)18-8-4-5-9-20(18)23)21-12-15-6-2-3-7-17(15)14-24-21/h2-14H,1H3. The number of pyridine rings is 1. The Morgan fingerprint density at radius 1 is 0.800 bits per heavy atom. The van der Waals surface area contributed by atoms with Gasteiger partial charge in [-0.15, -0.1) is 0 Å². The summed E-state index contributed by atoms with van der Waals surface area (Å²) in [6.45, 7) is 0. The Hall–Kier alpha value is -2.65. The highest BCUT2D eigenvalue weighted by Crippen LogP contribution is 2.37. The lowest BCUT2D eigenvalue weighted by atomic mass is 10.0. The van der Waals surface area contributed by atoms with Crippen molar-refractivity contribution >= 4 is 26.7 Å². The number of methoxy groups -OCH3 is 1. The minimum absolute atomic E-state index is 0.833. The van der Waals surface area contributed by atoms with Gasteiger partial charge < -0.3 is 4.74 Å². The maximum atomic E-state index is 5.66. The molecule has 0 saturated carbocycles. The predicted molar refractivity (Wildman–Crippen MR) is 107 cm³/mol. The lowest BCUT2D eigenvalue weighted by Gasteiger charge is -2.12. The van der Waals surface area contributed by atoms with E-state index in [1.807, 2.05) is 42.6 Å². The Labute approximate surface area is 155 Å². The van der Waals surface area contributed by atoms with Crippen molar-refractivity contribution in [2.75, 3.05) is 7.11 Å². The Bertz CT molecular complexity index is 1060. The van der Waals surface area contributed by atoms with Crippen LogP contribution in [0.4, 0.5) is 0 Å². The first-order valence-corrected chi connectivity index (χ1v) is 8.83. The van der Waals surface area contributed by atoms with Crippen LogP contribution in [0.25, 0.3) is 33.2 Å². The van der Waals surface area contributed by atoms with Crippen molar-refractivity contribution in [1.29, 1.82) is 0 Å². The smallest absolute Gasteiger partial charge is 0.127 e. The molecule has 0 N–H and O–H groups in total. The molecule has 1 aromatic heterocycles. The summed E-state index contributed by atoms with van der Waals surface area (Å²) >= 11 is 3.62. The number of nitrogens with zero attached hydrogens (tertiary/aromatic N) is 1. The monoisotopic (exact) mass is 389 g/mol. The Balaban J connectivity index is 1.82. The molecule has 3 heteroatoms. The van der Waals surface area contributed by atoms with Crippen LogP contribution in [0.1, 0.15) is 0 Å². The van der Waals surface area contributed by atoms with E-state index >= 15 is 0 Å². The maximum Gasteiger partial charge on any atom is 0.127 e. The van der Waals surface area contributed by atoms with Gasteiger partial charge in [0.05, 0.1) is 12.8 Å². The molecule has 0 aliphatic heterocycles. The maximum absolute atomic E-state index is 5.66. The van der Waals surface area contributed by atoms with E-state index in [1.165, 1.54) is 5.39 Å². The van der Waals surface area contributed by atoms with Gasteiger partial charge in [0, 0.05) is 27.2 Å². The summed E-state index contributed by atoms with van der Waals surface area (Å²) < 4.78 is 6.70. The number of halogens is 1. The third-order valence-electron chi connectivity index (χ3n) is 4.29. The summed E-state index contributed by atoms with van der Waals surface area (Å²) in [5.74, 6) is 0.833. The molecule has 0 aliphatic carbocycles. The van der Waals surface area contributed by atoms with Gasteiger partial charge in [-0.05, 0) is 35.2 Å². The van der Waals surface area contributed by atoms with Gasteiger partial charge in [0.25, 0.3) is 0 Å². The van der Waals surface area contributed by atoms with Crippen molar-refractivity contribution in [3.8, 4) is 28.1 Å². The molecule has 1 heterocycles. The number of aromatic nitrogens is 1. The highest BCUT2D eigenvalue weighted by Gasteiger charge is 2.11. The molecule has 122 valence electrons. The lowest BCUT2D eigenvalue weighted by Crippen LogP contribution is -1.91. The number of hydrogen-bond donors (Lipinski definition) is 0. The number of benzene rings is 3. The first kappa shape index (κ1) is 15.9. The van der Waals surface area contributed by atoms with E-state index in [-0.39, 0.29) is 0 Å². The SMILES string of the molecule is COc1cc(-c2cc3ccccc3cn2)ccc1-c1ccccc1Br. The molecule has 0 aliphatic rings. The zero-order valence-electron chi connectivity index (χ0n) is 13.7. The molecule has 2 nitrogen and oxygen atoms in total. The van der Waals surface area contributed by atoms with Gasteiger partial charge in [0.2, 0.25) is 0 Å². The second-order valence-electron chi connectivity index (χ2n) is 5.81. The number of rotatable bonds is 3. The molecular weight excluding hydrogens is 374 g/mol. The van der Waals surface area contributed by atoms with Crippen LogP contribution in [-0.2, 0) is 0 Å². The fourth-order valence-corrected chi connectivity index (χ4v) is 3.49. The van der Waals surface area contributed by atoms with Crippen molar-refractivity contribution in [3.63, 3.8) is 0 Å². The van der Waals surface area contributed by atoms with Crippen LogP contribution in [-0.4, -0.2) is 12.1 Å². The summed E-state index contributed by atoms with van der Waals surface area (Å²) in [6, 6.07) is 24.7. The van der Waals surface area contributed by atoms with Crippen LogP contribution in [0.2, 0.25) is 0 Å². The summed E-state index contributed by atoms with van der Waals surface area (Å²) in [5.41, 5.74) is 4.14. The first-order valence-electron chi connectivity index (χ1n) is 8.04. The van der Waals surface area contributed by atoms with Gasteiger partial charge in [-0.3, -0.25) is 4.98 Å². The normalized spacial score (nSPS) is 10.8. The zero-order chi connectivity index (χ0) is 17.2. The van der Waals surface area contributed by atoms with Crippen molar-refractivity contribution in [2.45, 2.75) is 0 Å². The minimum Gasteiger partial charge on any atom is -0.496 e. The summed E-state index contributed by atoms with van der Waals surface area (Å²) in [5, 5.41) is 2.32. The molecule has 4 aromatic rings. The van der Waals surface area contributed by atoms with Crippen molar-refractivity contribution in [2.24, 2.45) is 0 Å². The highest BCUT2D eigenvalue weighted by molar-refractivity contribution is 9.10. The van der Waals surface area contributed by atoms with Crippen molar-refractivity contribution in [3.05, 3.63) is 83.5 Å². The molecule has 3 aromatic carbocycles. The Morgan fingerprint density at radius 2 is 1.56 bits per heavy atom. The van der Waals surface area contributed by atoms with Crippen LogP contribution < -0.4 is 4.74 Å². The van der Waals surface area contributed by atoms with E-state index in [0.29, 0.717) is 0 Å². The molecule has 0 spiro atoms. The zero-order valence-corrected chi connectivity index (χ0v) is 15.3. The molecule has 0 amide bonds. The molecule has 0 saturated heterocycles. The predicted octanol–water partition coefficient (Wildman–Crippen LogP) is 6.34. The molecule has 4 rings (SSSR count). The van der Waals surface area contributed by atoms with Crippen molar-refractivity contribution < 1.29 is 4.74 Å². The van der Waals surface area contributed by atoms with Crippen LogP contribution in [0, 0.1) is 0 Å². The minimum atomic E-state index is 0.833. The van der Waals surface area contributed by atoms with Gasteiger partial charge in [0.15, 0.2) is 0 Å². The van der Waals surface area contributed by atoms with Gasteiger partial charge in [-0.25, -0.2) is 0 Å². The molecule has 0 unspecified atom stereocenters. The number of fused-ring (bicyclic) bond motifs is 1. The van der Waals surface area contributed by atoms with Crippen molar-refractivity contribution in [1.82, 2.24) is 4.98 Å². The van der Waals surface area contributed by atoms with Gasteiger partial charge in [-0.2, -0.15) is 0 Å². The number of hydrogen-bond acceptors (Lipinski definition) is 2. The van der Waals surface area contributed by atoms with Gasteiger partial charge in [-0.1, -0.05) is 64.5 Å². The van der Waals surface area contributed by atoms with E-state index < -0.39 is 0 Å². The third-order valence-corrected chi connectivity index (χ3v) is 4.98. The molecule has 0 atom stereocenters. The van der Waals surface area contributed by atoms with Crippen LogP contribution in [0.3, 0.4) is 0 Å². The number of ether oxygens (including phenoxy) is 1. The second kappa shape index (κ2) is 6.69. The topological polar surface area (TPSA) is 22.1 Å².